The van der Waals surface area contributed by atoms with Crippen LogP contribution in [0.25, 0.3) is 0 Å². The fourth-order valence-electron chi connectivity index (χ4n) is 1.58. The first-order valence-electron chi connectivity index (χ1n) is 5.70. The predicted molar refractivity (Wildman–Crippen MR) is 63.6 cm³/mol. The molecule has 0 saturated carbocycles. The Hall–Kier alpha value is -1.13. The fourth-order valence-corrected chi connectivity index (χ4v) is 1.58. The zero-order valence-corrected chi connectivity index (χ0v) is 9.78. The molecule has 0 unspecified atom stereocenters. The third kappa shape index (κ3) is 4.59. The van der Waals surface area contributed by atoms with Gasteiger partial charge in [-0.2, -0.15) is 0 Å². The quantitative estimate of drug-likeness (QED) is 0.517. The number of aromatic nitrogens is 1. The summed E-state index contributed by atoms with van der Waals surface area (Å²) >= 11 is 0. The summed E-state index contributed by atoms with van der Waals surface area (Å²) in [5, 5.41) is 8.63. The van der Waals surface area contributed by atoms with Crippen LogP contribution in [-0.2, 0) is 0 Å². The van der Waals surface area contributed by atoms with Crippen LogP contribution in [0.1, 0.15) is 29.8 Å². The van der Waals surface area contributed by atoms with E-state index in [1.54, 1.807) is 12.3 Å². The summed E-state index contributed by atoms with van der Waals surface area (Å²) in [6, 6.07) is 3.62. The molecule has 0 bridgehead atoms. The molecule has 0 radical (unpaired) electrons. The Morgan fingerprint density at radius 1 is 1.44 bits per heavy atom. The van der Waals surface area contributed by atoms with Gasteiger partial charge < -0.3 is 10.1 Å². The zero-order valence-electron chi connectivity index (χ0n) is 9.78. The second-order valence-electron chi connectivity index (χ2n) is 4.03. The topological polar surface area (TPSA) is 56.3 Å². The highest BCUT2D eigenvalue weighted by atomic mass is 16.2. The number of likely N-dealkylation sites (N-methyl/N-ethyl adjacent to an activating group) is 1. The molecule has 0 atom stereocenters. The van der Waals surface area contributed by atoms with E-state index in [2.05, 4.69) is 4.98 Å². The Labute approximate surface area is 96.3 Å². The van der Waals surface area contributed by atoms with E-state index < -0.39 is 0 Å². The third-order valence-electron chi connectivity index (χ3n) is 2.51. The Morgan fingerprint density at radius 2 is 2.25 bits per heavy atom. The fraction of sp³-hybridized carbons (Fsp3) is 0.583. The number of aliphatic hydroxyl groups excluding tert-OH is 1. The molecule has 2 N–H and O–H groups in total. The summed E-state index contributed by atoms with van der Waals surface area (Å²) in [4.78, 5) is 16.6. The Kier molecular flexibility index (Phi) is 5.82. The highest BCUT2D eigenvalue weighted by molar-refractivity contribution is 5.95. The summed E-state index contributed by atoms with van der Waals surface area (Å²) in [7, 11) is 1.94. The first-order chi connectivity index (χ1) is 7.74. The van der Waals surface area contributed by atoms with Gasteiger partial charge in [0.15, 0.2) is 5.78 Å². The minimum atomic E-state index is 0.120. The van der Waals surface area contributed by atoms with Crippen molar-refractivity contribution < 1.29 is 9.90 Å². The maximum atomic E-state index is 11.7. The van der Waals surface area contributed by atoms with Gasteiger partial charge in [0.1, 0.15) is 0 Å². The van der Waals surface area contributed by atoms with Crippen molar-refractivity contribution in [1.29, 1.82) is 0 Å². The van der Waals surface area contributed by atoms with Gasteiger partial charge >= 0.3 is 0 Å². The molecule has 0 saturated heterocycles. The number of aromatic amines is 1. The molecular formula is C12H20N2O2. The van der Waals surface area contributed by atoms with Gasteiger partial charge in [0.05, 0.1) is 12.2 Å². The molecule has 0 amide bonds. The van der Waals surface area contributed by atoms with E-state index in [1.807, 2.05) is 18.0 Å². The normalized spacial score (nSPS) is 10.9. The number of hydrogen-bond acceptors (Lipinski definition) is 3. The van der Waals surface area contributed by atoms with Gasteiger partial charge in [-0.25, -0.2) is 0 Å². The predicted octanol–water partition coefficient (Wildman–Crippen LogP) is 1.29. The van der Waals surface area contributed by atoms with Crippen molar-refractivity contribution in [2.45, 2.75) is 19.3 Å². The molecule has 90 valence electrons. The SMILES string of the molecule is CN(CCCCCO)CC(=O)c1ccc[nH]1. The number of hydrogen-bond donors (Lipinski definition) is 2. The van der Waals surface area contributed by atoms with E-state index in [1.165, 1.54) is 0 Å². The van der Waals surface area contributed by atoms with Gasteiger partial charge in [-0.3, -0.25) is 9.69 Å². The lowest BCUT2D eigenvalue weighted by atomic mass is 10.2. The summed E-state index contributed by atoms with van der Waals surface area (Å²) < 4.78 is 0. The van der Waals surface area contributed by atoms with E-state index in [-0.39, 0.29) is 12.4 Å². The average molecular weight is 224 g/mol. The number of carbonyl (C=O) groups is 1. The van der Waals surface area contributed by atoms with Gasteiger partial charge in [0.2, 0.25) is 0 Å². The number of aliphatic hydroxyl groups is 1. The third-order valence-corrected chi connectivity index (χ3v) is 2.51. The summed E-state index contributed by atoms with van der Waals surface area (Å²) in [6.07, 6.45) is 4.64. The summed E-state index contributed by atoms with van der Waals surface area (Å²) in [5.41, 5.74) is 0.669. The minimum absolute atomic E-state index is 0.120. The second-order valence-corrected chi connectivity index (χ2v) is 4.03. The number of carbonyl (C=O) groups excluding carboxylic acids is 1. The van der Waals surface area contributed by atoms with Gasteiger partial charge in [0, 0.05) is 12.8 Å². The number of nitrogens with one attached hydrogen (secondary N) is 1. The molecule has 4 nitrogen and oxygen atoms in total. The van der Waals surface area contributed by atoms with Gasteiger partial charge in [0.25, 0.3) is 0 Å². The van der Waals surface area contributed by atoms with Crippen LogP contribution in [0.2, 0.25) is 0 Å². The smallest absolute Gasteiger partial charge is 0.192 e. The van der Waals surface area contributed by atoms with E-state index in [4.69, 9.17) is 5.11 Å². The van der Waals surface area contributed by atoms with E-state index in [9.17, 15) is 4.79 Å². The molecule has 16 heavy (non-hydrogen) atoms. The van der Waals surface area contributed by atoms with Gasteiger partial charge in [-0.15, -0.1) is 0 Å². The van der Waals surface area contributed by atoms with Gasteiger partial charge in [-0.05, 0) is 45.0 Å². The second kappa shape index (κ2) is 7.19. The average Bonchev–Trinajstić information content (AvgIpc) is 2.77. The molecule has 0 fully saturated rings. The highest BCUT2D eigenvalue weighted by Gasteiger charge is 2.09. The van der Waals surface area contributed by atoms with Crippen LogP contribution in [0, 0.1) is 0 Å². The van der Waals surface area contributed by atoms with Crippen LogP contribution < -0.4 is 0 Å². The minimum Gasteiger partial charge on any atom is -0.396 e. The largest absolute Gasteiger partial charge is 0.396 e. The maximum absolute atomic E-state index is 11.7. The van der Waals surface area contributed by atoms with Crippen LogP contribution in [0.4, 0.5) is 0 Å². The summed E-state index contributed by atoms with van der Waals surface area (Å²) in [5.74, 6) is 0.120. The summed E-state index contributed by atoms with van der Waals surface area (Å²) in [6.45, 7) is 1.59. The molecule has 1 heterocycles. The van der Waals surface area contributed by atoms with Crippen molar-refractivity contribution in [3.05, 3.63) is 24.0 Å². The number of rotatable bonds is 8. The van der Waals surface area contributed by atoms with Crippen molar-refractivity contribution in [2.75, 3.05) is 26.7 Å². The molecule has 1 rings (SSSR count). The van der Waals surface area contributed by atoms with Gasteiger partial charge in [-0.1, -0.05) is 0 Å². The van der Waals surface area contributed by atoms with Crippen molar-refractivity contribution in [3.63, 3.8) is 0 Å². The lowest BCUT2D eigenvalue weighted by Crippen LogP contribution is -2.27. The molecule has 0 spiro atoms. The van der Waals surface area contributed by atoms with E-state index >= 15 is 0 Å². The van der Waals surface area contributed by atoms with Crippen molar-refractivity contribution in [2.24, 2.45) is 0 Å². The molecule has 0 aliphatic carbocycles. The number of H-pyrrole nitrogens is 1. The van der Waals surface area contributed by atoms with E-state index in [0.717, 1.165) is 25.8 Å². The Balaban J connectivity index is 2.19. The zero-order chi connectivity index (χ0) is 11.8. The maximum Gasteiger partial charge on any atom is 0.192 e. The number of unbranched alkanes of at least 4 members (excludes halogenated alkanes) is 2. The van der Waals surface area contributed by atoms with Crippen LogP contribution >= 0.6 is 0 Å². The first-order valence-corrected chi connectivity index (χ1v) is 5.70. The lowest BCUT2D eigenvalue weighted by Gasteiger charge is -2.14. The lowest BCUT2D eigenvalue weighted by molar-refractivity contribution is 0.0940. The van der Waals surface area contributed by atoms with Crippen molar-refractivity contribution in [3.8, 4) is 0 Å². The van der Waals surface area contributed by atoms with Crippen LogP contribution in [0.15, 0.2) is 18.3 Å². The Morgan fingerprint density at radius 3 is 2.88 bits per heavy atom. The van der Waals surface area contributed by atoms with Crippen LogP contribution in [0.5, 0.6) is 0 Å². The molecule has 0 aliphatic rings. The number of nitrogens with zero attached hydrogens (tertiary/aromatic N) is 1. The van der Waals surface area contributed by atoms with Crippen molar-refractivity contribution >= 4 is 5.78 Å². The Bertz CT molecular complexity index is 296. The highest BCUT2D eigenvalue weighted by Crippen LogP contribution is 2.00. The number of ketones is 1. The standard InChI is InChI=1S/C12H20N2O2/c1-14(8-3-2-4-9-15)10-12(16)11-6-5-7-13-11/h5-7,13,15H,2-4,8-10H2,1H3. The van der Waals surface area contributed by atoms with E-state index in [0.29, 0.717) is 12.2 Å². The van der Waals surface area contributed by atoms with Crippen LogP contribution in [-0.4, -0.2) is 47.5 Å². The molecule has 0 aliphatic heterocycles. The first kappa shape index (κ1) is 12.9. The molecular weight excluding hydrogens is 204 g/mol. The monoisotopic (exact) mass is 224 g/mol. The molecule has 1 aromatic heterocycles. The number of Topliss-reactive ketones (excluding diaryl/α,β-unsaturated/α-hetero) is 1. The molecule has 4 heteroatoms. The molecule has 1 aromatic rings. The van der Waals surface area contributed by atoms with Crippen molar-refractivity contribution in [1.82, 2.24) is 9.88 Å². The van der Waals surface area contributed by atoms with Crippen LogP contribution in [0.3, 0.4) is 0 Å². The molecule has 0 aromatic carbocycles.